The zero-order valence-corrected chi connectivity index (χ0v) is 14.5. The molecule has 0 amide bonds. The van der Waals surface area contributed by atoms with E-state index in [1.54, 1.807) is 23.6 Å². The zero-order valence-electron chi connectivity index (χ0n) is 13.7. The van der Waals surface area contributed by atoms with Crippen LogP contribution in [-0.4, -0.2) is 27.0 Å². The van der Waals surface area contributed by atoms with Gasteiger partial charge in [0, 0.05) is 18.5 Å². The summed E-state index contributed by atoms with van der Waals surface area (Å²) in [5.74, 6) is -0.0756. The van der Waals surface area contributed by atoms with Gasteiger partial charge in [-0.3, -0.25) is 10.2 Å². The minimum Gasteiger partial charge on any atom is -0.506 e. The van der Waals surface area contributed by atoms with Crippen molar-refractivity contribution in [2.75, 3.05) is 6.54 Å². The van der Waals surface area contributed by atoms with Crippen molar-refractivity contribution in [1.29, 1.82) is 0 Å². The Labute approximate surface area is 145 Å². The molecule has 0 unspecified atom stereocenters. The monoisotopic (exact) mass is 344 g/mol. The number of hydrogen-bond acceptors (Lipinski definition) is 4. The molecule has 0 radical (unpaired) electrons. The number of fused-ring (bicyclic) bond motifs is 1. The number of hydrazone groups is 1. The first kappa shape index (κ1) is 17.7. The maximum absolute atomic E-state index is 12.7. The van der Waals surface area contributed by atoms with E-state index in [9.17, 15) is 9.90 Å². The van der Waals surface area contributed by atoms with E-state index in [0.717, 1.165) is 0 Å². The van der Waals surface area contributed by atoms with Gasteiger partial charge in [0.1, 0.15) is 11.3 Å². The van der Waals surface area contributed by atoms with Crippen molar-refractivity contribution in [3.8, 4) is 5.75 Å². The van der Waals surface area contributed by atoms with Gasteiger partial charge in [-0.25, -0.2) is 0 Å². The summed E-state index contributed by atoms with van der Waals surface area (Å²) in [4.78, 5) is 12.7. The highest BCUT2D eigenvalue weighted by atomic mass is 32.1. The Morgan fingerprint density at radius 1 is 1.46 bits per heavy atom. The van der Waals surface area contributed by atoms with Gasteiger partial charge in [0.25, 0.3) is 5.56 Å². The number of aromatic hydroxyl groups is 1. The van der Waals surface area contributed by atoms with Gasteiger partial charge in [0.2, 0.25) is 0 Å². The van der Waals surface area contributed by atoms with Crippen molar-refractivity contribution in [3.63, 3.8) is 0 Å². The first-order valence-corrected chi connectivity index (χ1v) is 7.96. The van der Waals surface area contributed by atoms with Crippen molar-refractivity contribution >= 4 is 33.9 Å². The van der Waals surface area contributed by atoms with Crippen molar-refractivity contribution in [2.45, 2.75) is 20.4 Å². The number of hydrogen-bond donors (Lipinski definition) is 3. The van der Waals surface area contributed by atoms with Crippen LogP contribution in [0.25, 0.3) is 10.9 Å². The van der Waals surface area contributed by atoms with E-state index in [1.807, 2.05) is 25.1 Å². The fourth-order valence-corrected chi connectivity index (χ4v) is 2.55. The number of thiocarbonyl (C=S) groups is 1. The van der Waals surface area contributed by atoms with Gasteiger partial charge in [0.15, 0.2) is 5.11 Å². The SMILES string of the molecule is C=CCNC(=S)NN=C(C)c1c(O)c2ccccc2n(CC)c1=O. The lowest BCUT2D eigenvalue weighted by Gasteiger charge is -2.13. The highest BCUT2D eigenvalue weighted by molar-refractivity contribution is 7.80. The Balaban J connectivity index is 2.50. The van der Waals surface area contributed by atoms with Gasteiger partial charge in [-0.05, 0) is 38.2 Å². The van der Waals surface area contributed by atoms with Gasteiger partial charge < -0.3 is 15.0 Å². The van der Waals surface area contributed by atoms with Gasteiger partial charge in [-0.1, -0.05) is 18.2 Å². The molecule has 1 heterocycles. The Morgan fingerprint density at radius 3 is 2.83 bits per heavy atom. The number of pyridine rings is 1. The van der Waals surface area contributed by atoms with Crippen molar-refractivity contribution < 1.29 is 5.11 Å². The molecule has 0 aliphatic heterocycles. The number of nitrogens with zero attached hydrogens (tertiary/aromatic N) is 2. The Morgan fingerprint density at radius 2 is 2.17 bits per heavy atom. The maximum atomic E-state index is 12.7. The molecule has 24 heavy (non-hydrogen) atoms. The Kier molecular flexibility index (Phi) is 5.70. The summed E-state index contributed by atoms with van der Waals surface area (Å²) < 4.78 is 1.61. The summed E-state index contributed by atoms with van der Waals surface area (Å²) in [7, 11) is 0. The lowest BCUT2D eigenvalue weighted by Crippen LogP contribution is -2.33. The second-order valence-corrected chi connectivity index (χ2v) is 5.51. The van der Waals surface area contributed by atoms with Crippen LogP contribution in [0.1, 0.15) is 19.4 Å². The number of para-hydroxylation sites is 1. The molecule has 0 atom stereocenters. The zero-order chi connectivity index (χ0) is 17.7. The average Bonchev–Trinajstić information content (AvgIpc) is 2.58. The van der Waals surface area contributed by atoms with E-state index in [0.29, 0.717) is 34.8 Å². The quantitative estimate of drug-likeness (QED) is 0.335. The molecule has 6 nitrogen and oxygen atoms in total. The minimum absolute atomic E-state index is 0.0756. The molecule has 1 aromatic carbocycles. The normalized spacial score (nSPS) is 11.3. The van der Waals surface area contributed by atoms with Crippen LogP contribution in [0.4, 0.5) is 0 Å². The number of benzene rings is 1. The van der Waals surface area contributed by atoms with Crippen molar-refractivity contribution in [3.05, 3.63) is 52.8 Å². The van der Waals surface area contributed by atoms with Crippen molar-refractivity contribution in [1.82, 2.24) is 15.3 Å². The van der Waals surface area contributed by atoms with E-state index in [4.69, 9.17) is 12.2 Å². The van der Waals surface area contributed by atoms with Crippen LogP contribution in [0, 0.1) is 0 Å². The average molecular weight is 344 g/mol. The summed E-state index contributed by atoms with van der Waals surface area (Å²) in [6, 6.07) is 7.23. The molecule has 7 heteroatoms. The van der Waals surface area contributed by atoms with Crippen LogP contribution in [0.3, 0.4) is 0 Å². The number of aryl methyl sites for hydroxylation is 1. The molecule has 0 aliphatic rings. The fraction of sp³-hybridized carbons (Fsp3) is 0.235. The van der Waals surface area contributed by atoms with E-state index in [-0.39, 0.29) is 16.9 Å². The molecule has 0 bridgehead atoms. The lowest BCUT2D eigenvalue weighted by molar-refractivity contribution is 0.477. The lowest BCUT2D eigenvalue weighted by atomic mass is 10.1. The standard InChI is InChI=1S/C17H20N4O2S/c1-4-10-18-17(24)20-19-11(3)14-15(22)12-8-6-7-9-13(12)21(5-2)16(14)23/h4,6-9,22H,1,5,10H2,2-3H3,(H2,18,20,24). The topological polar surface area (TPSA) is 78.7 Å². The molecule has 0 spiro atoms. The van der Waals surface area contributed by atoms with Crippen molar-refractivity contribution in [2.24, 2.45) is 5.10 Å². The summed E-state index contributed by atoms with van der Waals surface area (Å²) in [5.41, 5.74) is 3.57. The number of aromatic nitrogens is 1. The minimum atomic E-state index is -0.290. The van der Waals surface area contributed by atoms with Gasteiger partial charge >= 0.3 is 0 Å². The summed E-state index contributed by atoms with van der Waals surface area (Å²) >= 11 is 5.06. The summed E-state index contributed by atoms with van der Waals surface area (Å²) in [6.45, 7) is 8.11. The summed E-state index contributed by atoms with van der Waals surface area (Å²) in [6.07, 6.45) is 1.67. The van der Waals surface area contributed by atoms with Crippen LogP contribution in [0.15, 0.2) is 46.8 Å². The molecular weight excluding hydrogens is 324 g/mol. The number of rotatable bonds is 5. The highest BCUT2D eigenvalue weighted by Crippen LogP contribution is 2.26. The van der Waals surface area contributed by atoms with E-state index in [1.165, 1.54) is 0 Å². The maximum Gasteiger partial charge on any atom is 0.263 e. The molecule has 1 aromatic heterocycles. The smallest absolute Gasteiger partial charge is 0.263 e. The third kappa shape index (κ3) is 3.46. The van der Waals surface area contributed by atoms with Crippen LogP contribution >= 0.6 is 12.2 Å². The van der Waals surface area contributed by atoms with Crippen LogP contribution in [-0.2, 0) is 6.54 Å². The van der Waals surface area contributed by atoms with Gasteiger partial charge in [0.05, 0.1) is 11.2 Å². The molecule has 0 fully saturated rings. The largest absolute Gasteiger partial charge is 0.506 e. The van der Waals surface area contributed by atoms with E-state index < -0.39 is 0 Å². The number of nitrogens with one attached hydrogen (secondary N) is 2. The molecule has 2 aromatic rings. The third-order valence-corrected chi connectivity index (χ3v) is 3.79. The molecule has 126 valence electrons. The molecular formula is C17H20N4O2S. The molecule has 2 rings (SSSR count). The van der Waals surface area contributed by atoms with Gasteiger partial charge in [-0.15, -0.1) is 6.58 Å². The molecule has 3 N–H and O–H groups in total. The van der Waals surface area contributed by atoms with Crippen LogP contribution in [0.5, 0.6) is 5.75 Å². The summed E-state index contributed by atoms with van der Waals surface area (Å²) in [5, 5.41) is 18.4. The third-order valence-electron chi connectivity index (χ3n) is 3.56. The van der Waals surface area contributed by atoms with E-state index in [2.05, 4.69) is 22.4 Å². The first-order valence-electron chi connectivity index (χ1n) is 7.55. The van der Waals surface area contributed by atoms with E-state index >= 15 is 0 Å². The van der Waals surface area contributed by atoms with Gasteiger partial charge in [-0.2, -0.15) is 5.10 Å². The van der Waals surface area contributed by atoms with Crippen LogP contribution in [0.2, 0.25) is 0 Å². The Bertz CT molecular complexity index is 871. The predicted molar refractivity (Wildman–Crippen MR) is 102 cm³/mol. The Hall–Kier alpha value is -2.67. The first-order chi connectivity index (χ1) is 11.5. The highest BCUT2D eigenvalue weighted by Gasteiger charge is 2.17. The fourth-order valence-electron chi connectivity index (χ4n) is 2.42. The predicted octanol–water partition coefficient (Wildman–Crippen LogP) is 2.10. The second-order valence-electron chi connectivity index (χ2n) is 5.10. The molecule has 0 aliphatic carbocycles. The molecule has 0 saturated carbocycles. The van der Waals surface area contributed by atoms with Crippen LogP contribution < -0.4 is 16.3 Å². The second kappa shape index (κ2) is 7.74. The molecule has 0 saturated heterocycles.